The van der Waals surface area contributed by atoms with Crippen molar-refractivity contribution in [3.05, 3.63) is 57.0 Å². The third-order valence-electron chi connectivity index (χ3n) is 2.85. The van der Waals surface area contributed by atoms with E-state index in [-0.39, 0.29) is 5.91 Å². The van der Waals surface area contributed by atoms with E-state index in [0.29, 0.717) is 12.8 Å². The number of carbonyl (C=O) groups is 1. The number of aryl methyl sites for hydroxylation is 1. The number of nitrogen functional groups attached to an aromatic ring is 1. The van der Waals surface area contributed by atoms with Gasteiger partial charge in [0, 0.05) is 21.1 Å². The summed E-state index contributed by atoms with van der Waals surface area (Å²) in [5.74, 6) is -0.0191. The van der Waals surface area contributed by atoms with Gasteiger partial charge in [-0.05, 0) is 68.1 Å². The predicted molar refractivity (Wildman–Crippen MR) is 89.6 cm³/mol. The molecule has 3 N–H and O–H groups in total. The van der Waals surface area contributed by atoms with Gasteiger partial charge in [-0.25, -0.2) is 0 Å². The minimum absolute atomic E-state index is 0.0191. The summed E-state index contributed by atoms with van der Waals surface area (Å²) < 4.78 is 1.71. The molecular formula is C15H14Br2N2O. The molecule has 0 saturated heterocycles. The average molecular weight is 398 g/mol. The summed E-state index contributed by atoms with van der Waals surface area (Å²) >= 11 is 6.84. The normalized spacial score (nSPS) is 10.3. The van der Waals surface area contributed by atoms with Crippen LogP contribution in [0.4, 0.5) is 11.4 Å². The van der Waals surface area contributed by atoms with E-state index >= 15 is 0 Å². The van der Waals surface area contributed by atoms with Gasteiger partial charge in [0.05, 0.1) is 5.69 Å². The third-order valence-corrected chi connectivity index (χ3v) is 4.17. The summed E-state index contributed by atoms with van der Waals surface area (Å²) in [4.78, 5) is 12.0. The van der Waals surface area contributed by atoms with Gasteiger partial charge in [-0.15, -0.1) is 0 Å². The molecule has 0 fully saturated rings. The van der Waals surface area contributed by atoms with E-state index in [4.69, 9.17) is 5.73 Å². The highest BCUT2D eigenvalue weighted by Crippen LogP contribution is 2.30. The lowest BCUT2D eigenvalue weighted by Gasteiger charge is -2.09. The van der Waals surface area contributed by atoms with E-state index < -0.39 is 0 Å². The summed E-state index contributed by atoms with van der Waals surface area (Å²) in [5, 5.41) is 2.90. The van der Waals surface area contributed by atoms with Crippen LogP contribution in [0.1, 0.15) is 12.0 Å². The van der Waals surface area contributed by atoms with Gasteiger partial charge < -0.3 is 11.1 Å². The topological polar surface area (TPSA) is 55.1 Å². The van der Waals surface area contributed by atoms with Crippen LogP contribution in [0.2, 0.25) is 0 Å². The van der Waals surface area contributed by atoms with Crippen molar-refractivity contribution in [2.75, 3.05) is 11.1 Å². The van der Waals surface area contributed by atoms with Crippen LogP contribution in [0.15, 0.2) is 51.4 Å². The first-order valence-electron chi connectivity index (χ1n) is 6.14. The fourth-order valence-electron chi connectivity index (χ4n) is 1.76. The van der Waals surface area contributed by atoms with Crippen LogP contribution in [0.25, 0.3) is 0 Å². The molecule has 0 aromatic heterocycles. The second-order valence-corrected chi connectivity index (χ2v) is 6.10. The number of amides is 1. The first kappa shape index (κ1) is 15.1. The average Bonchev–Trinajstić information content (AvgIpc) is 2.42. The molecule has 2 rings (SSSR count). The minimum Gasteiger partial charge on any atom is -0.399 e. The highest BCUT2D eigenvalue weighted by atomic mass is 79.9. The Labute approximate surface area is 134 Å². The molecule has 0 aliphatic rings. The monoisotopic (exact) mass is 396 g/mol. The standard InChI is InChI=1S/C15H14Br2N2O/c16-12-2-1-3-13(17)15(12)19-14(20)9-6-10-4-7-11(18)8-5-10/h1-5,7-8H,6,9,18H2,(H,19,20). The molecule has 3 nitrogen and oxygen atoms in total. The Morgan fingerprint density at radius 3 is 2.25 bits per heavy atom. The van der Waals surface area contributed by atoms with Gasteiger partial charge in [-0.3, -0.25) is 4.79 Å². The quantitative estimate of drug-likeness (QED) is 0.752. The molecule has 0 spiro atoms. The van der Waals surface area contributed by atoms with Gasteiger partial charge in [0.25, 0.3) is 0 Å². The third kappa shape index (κ3) is 4.08. The molecule has 0 bridgehead atoms. The molecule has 0 heterocycles. The second-order valence-electron chi connectivity index (χ2n) is 4.39. The Bertz CT molecular complexity index is 592. The van der Waals surface area contributed by atoms with Crippen molar-refractivity contribution in [1.29, 1.82) is 0 Å². The largest absolute Gasteiger partial charge is 0.399 e. The van der Waals surface area contributed by atoms with Crippen molar-refractivity contribution < 1.29 is 4.79 Å². The number of hydrogen-bond donors (Lipinski definition) is 2. The first-order valence-corrected chi connectivity index (χ1v) is 7.73. The van der Waals surface area contributed by atoms with E-state index in [1.165, 1.54) is 0 Å². The maximum atomic E-state index is 12.0. The van der Waals surface area contributed by atoms with Crippen molar-refractivity contribution in [3.63, 3.8) is 0 Å². The van der Waals surface area contributed by atoms with E-state index in [0.717, 1.165) is 25.9 Å². The molecule has 20 heavy (non-hydrogen) atoms. The van der Waals surface area contributed by atoms with Crippen molar-refractivity contribution in [2.24, 2.45) is 0 Å². The van der Waals surface area contributed by atoms with E-state index in [1.807, 2.05) is 42.5 Å². The molecule has 1 amide bonds. The fourth-order valence-corrected chi connectivity index (χ4v) is 2.96. The van der Waals surface area contributed by atoms with E-state index in [2.05, 4.69) is 37.2 Å². The number of carbonyl (C=O) groups excluding carboxylic acids is 1. The number of halogens is 2. The number of anilines is 2. The number of para-hydroxylation sites is 1. The molecule has 0 aliphatic heterocycles. The van der Waals surface area contributed by atoms with Crippen molar-refractivity contribution in [2.45, 2.75) is 12.8 Å². The van der Waals surface area contributed by atoms with E-state index in [1.54, 1.807) is 0 Å². The Morgan fingerprint density at radius 2 is 1.65 bits per heavy atom. The smallest absolute Gasteiger partial charge is 0.224 e. The van der Waals surface area contributed by atoms with Gasteiger partial charge >= 0.3 is 0 Å². The maximum absolute atomic E-state index is 12.0. The number of benzene rings is 2. The minimum atomic E-state index is -0.0191. The van der Waals surface area contributed by atoms with Crippen LogP contribution < -0.4 is 11.1 Å². The first-order chi connectivity index (χ1) is 9.56. The molecule has 0 atom stereocenters. The Hall–Kier alpha value is -1.33. The summed E-state index contributed by atoms with van der Waals surface area (Å²) in [5.41, 5.74) is 8.22. The lowest BCUT2D eigenvalue weighted by Crippen LogP contribution is -2.13. The molecule has 0 saturated carbocycles. The molecule has 0 unspecified atom stereocenters. The summed E-state index contributed by atoms with van der Waals surface area (Å²) in [7, 11) is 0. The zero-order valence-corrected chi connectivity index (χ0v) is 13.9. The molecule has 5 heteroatoms. The fraction of sp³-hybridized carbons (Fsp3) is 0.133. The molecule has 0 radical (unpaired) electrons. The predicted octanol–water partition coefficient (Wildman–Crippen LogP) is 4.37. The Morgan fingerprint density at radius 1 is 1.05 bits per heavy atom. The van der Waals surface area contributed by atoms with Crippen LogP contribution in [0.3, 0.4) is 0 Å². The molecule has 2 aromatic rings. The highest BCUT2D eigenvalue weighted by Gasteiger charge is 2.09. The van der Waals surface area contributed by atoms with Crippen molar-refractivity contribution in [1.82, 2.24) is 0 Å². The lowest BCUT2D eigenvalue weighted by atomic mass is 10.1. The van der Waals surface area contributed by atoms with Gasteiger partial charge in [-0.1, -0.05) is 18.2 Å². The number of nitrogens with one attached hydrogen (secondary N) is 1. The number of hydrogen-bond acceptors (Lipinski definition) is 2. The van der Waals surface area contributed by atoms with Crippen molar-refractivity contribution >= 4 is 49.1 Å². The van der Waals surface area contributed by atoms with Gasteiger partial charge in [0.15, 0.2) is 0 Å². The zero-order chi connectivity index (χ0) is 14.5. The Kier molecular flexibility index (Phi) is 5.20. The zero-order valence-electron chi connectivity index (χ0n) is 10.7. The Balaban J connectivity index is 1.94. The van der Waals surface area contributed by atoms with Crippen LogP contribution in [0, 0.1) is 0 Å². The SMILES string of the molecule is Nc1ccc(CCC(=O)Nc2c(Br)cccc2Br)cc1. The lowest BCUT2D eigenvalue weighted by molar-refractivity contribution is -0.116. The number of rotatable bonds is 4. The maximum Gasteiger partial charge on any atom is 0.224 e. The van der Waals surface area contributed by atoms with Gasteiger partial charge in [-0.2, -0.15) is 0 Å². The highest BCUT2D eigenvalue weighted by molar-refractivity contribution is 9.11. The van der Waals surface area contributed by atoms with Crippen molar-refractivity contribution in [3.8, 4) is 0 Å². The molecule has 104 valence electrons. The molecular weight excluding hydrogens is 384 g/mol. The van der Waals surface area contributed by atoms with Gasteiger partial charge in [0.1, 0.15) is 0 Å². The van der Waals surface area contributed by atoms with Gasteiger partial charge in [0.2, 0.25) is 5.91 Å². The van der Waals surface area contributed by atoms with Crippen LogP contribution >= 0.6 is 31.9 Å². The second kappa shape index (κ2) is 6.90. The number of nitrogens with two attached hydrogens (primary N) is 1. The summed E-state index contributed by atoms with van der Waals surface area (Å²) in [6.07, 6.45) is 1.12. The van der Waals surface area contributed by atoms with Crippen LogP contribution in [0.5, 0.6) is 0 Å². The van der Waals surface area contributed by atoms with E-state index in [9.17, 15) is 4.79 Å². The summed E-state index contributed by atoms with van der Waals surface area (Å²) in [6.45, 7) is 0. The van der Waals surface area contributed by atoms with Crippen LogP contribution in [-0.2, 0) is 11.2 Å². The summed E-state index contributed by atoms with van der Waals surface area (Å²) in [6, 6.07) is 13.3. The molecule has 2 aromatic carbocycles. The molecule has 0 aliphatic carbocycles. The van der Waals surface area contributed by atoms with Crippen LogP contribution in [-0.4, -0.2) is 5.91 Å².